The Hall–Kier alpha value is -2.05. The SMILES string of the molecule is Cl.Cl.NC(=O)c1c[nH]c(=O)n(-c2ccccc2)c1=O. The van der Waals surface area contributed by atoms with E-state index in [0.29, 0.717) is 5.69 Å². The third-order valence-corrected chi connectivity index (χ3v) is 2.26. The van der Waals surface area contributed by atoms with Gasteiger partial charge in [-0.25, -0.2) is 9.36 Å². The highest BCUT2D eigenvalue weighted by atomic mass is 35.5. The van der Waals surface area contributed by atoms with Gasteiger partial charge in [0, 0.05) is 6.20 Å². The molecular formula is C11H11Cl2N3O3. The summed E-state index contributed by atoms with van der Waals surface area (Å²) in [4.78, 5) is 36.7. The topological polar surface area (TPSA) is 97.9 Å². The summed E-state index contributed by atoms with van der Waals surface area (Å²) < 4.78 is 0.861. The molecule has 0 aliphatic rings. The molecular weight excluding hydrogens is 293 g/mol. The Labute approximate surface area is 120 Å². The first kappa shape index (κ1) is 16.9. The van der Waals surface area contributed by atoms with Gasteiger partial charge in [0.25, 0.3) is 11.5 Å². The van der Waals surface area contributed by atoms with Gasteiger partial charge in [-0.15, -0.1) is 24.8 Å². The Balaban J connectivity index is 0.00000162. The number of primary amides is 1. The molecule has 0 bridgehead atoms. The zero-order valence-electron chi connectivity index (χ0n) is 9.53. The molecule has 0 spiro atoms. The number of nitrogens with one attached hydrogen (secondary N) is 1. The average molecular weight is 304 g/mol. The predicted molar refractivity (Wildman–Crippen MR) is 75.7 cm³/mol. The fraction of sp³-hybridized carbons (Fsp3) is 0. The van der Waals surface area contributed by atoms with E-state index in [-0.39, 0.29) is 30.4 Å². The summed E-state index contributed by atoms with van der Waals surface area (Å²) in [5, 5.41) is 0. The molecule has 0 saturated carbocycles. The fourth-order valence-corrected chi connectivity index (χ4v) is 1.46. The lowest BCUT2D eigenvalue weighted by atomic mass is 10.3. The zero-order chi connectivity index (χ0) is 12.4. The maximum atomic E-state index is 11.9. The molecule has 2 aromatic rings. The summed E-state index contributed by atoms with van der Waals surface area (Å²) in [5.74, 6) is -0.879. The molecule has 102 valence electrons. The number of nitrogens with two attached hydrogens (primary N) is 1. The second-order valence-electron chi connectivity index (χ2n) is 3.35. The van der Waals surface area contributed by atoms with Crippen LogP contribution in [0.25, 0.3) is 5.69 Å². The van der Waals surface area contributed by atoms with Crippen molar-refractivity contribution in [2.24, 2.45) is 5.73 Å². The molecule has 1 aromatic carbocycles. The van der Waals surface area contributed by atoms with E-state index >= 15 is 0 Å². The van der Waals surface area contributed by atoms with Crippen molar-refractivity contribution in [3.8, 4) is 5.69 Å². The van der Waals surface area contributed by atoms with Gasteiger partial charge in [0.2, 0.25) is 0 Å². The van der Waals surface area contributed by atoms with Crippen molar-refractivity contribution in [1.29, 1.82) is 0 Å². The number of aromatic nitrogens is 2. The third kappa shape index (κ3) is 3.24. The summed E-state index contributed by atoms with van der Waals surface area (Å²) in [6.45, 7) is 0. The van der Waals surface area contributed by atoms with Crippen molar-refractivity contribution in [3.63, 3.8) is 0 Å². The van der Waals surface area contributed by atoms with Crippen LogP contribution in [0.4, 0.5) is 0 Å². The van der Waals surface area contributed by atoms with Gasteiger partial charge in [0.05, 0.1) is 5.69 Å². The molecule has 8 heteroatoms. The largest absolute Gasteiger partial charge is 0.365 e. The minimum atomic E-state index is -0.879. The smallest absolute Gasteiger partial charge is 0.333 e. The first-order valence-corrected chi connectivity index (χ1v) is 4.81. The number of hydrogen-bond acceptors (Lipinski definition) is 3. The van der Waals surface area contributed by atoms with Crippen molar-refractivity contribution in [3.05, 3.63) is 62.9 Å². The van der Waals surface area contributed by atoms with Crippen LogP contribution in [0.2, 0.25) is 0 Å². The minimum Gasteiger partial charge on any atom is -0.365 e. The quantitative estimate of drug-likeness (QED) is 0.843. The number of carbonyl (C=O) groups excluding carboxylic acids is 1. The van der Waals surface area contributed by atoms with Crippen molar-refractivity contribution in [2.75, 3.05) is 0 Å². The molecule has 3 N–H and O–H groups in total. The van der Waals surface area contributed by atoms with Gasteiger partial charge in [-0.3, -0.25) is 9.59 Å². The number of H-pyrrole nitrogens is 1. The first-order valence-electron chi connectivity index (χ1n) is 4.81. The van der Waals surface area contributed by atoms with Gasteiger partial charge in [-0.1, -0.05) is 18.2 Å². The van der Waals surface area contributed by atoms with Crippen molar-refractivity contribution in [1.82, 2.24) is 9.55 Å². The van der Waals surface area contributed by atoms with Gasteiger partial charge >= 0.3 is 5.69 Å². The van der Waals surface area contributed by atoms with Crippen LogP contribution in [0.5, 0.6) is 0 Å². The second-order valence-corrected chi connectivity index (χ2v) is 3.35. The number of benzene rings is 1. The molecule has 0 unspecified atom stereocenters. The van der Waals surface area contributed by atoms with Crippen LogP contribution in [-0.2, 0) is 0 Å². The van der Waals surface area contributed by atoms with E-state index in [4.69, 9.17) is 5.73 Å². The highest BCUT2D eigenvalue weighted by molar-refractivity contribution is 5.92. The molecule has 0 radical (unpaired) electrons. The lowest BCUT2D eigenvalue weighted by Gasteiger charge is -2.04. The number of halogens is 2. The lowest BCUT2D eigenvalue weighted by Crippen LogP contribution is -2.38. The standard InChI is InChI=1S/C11H9N3O3.2ClH/c12-9(15)8-6-13-11(17)14(10(8)16)7-4-2-1-3-5-7;;/h1-6H,(H2,12,15)(H,13,17);2*1H. The van der Waals surface area contributed by atoms with Crippen molar-refractivity contribution >= 4 is 30.7 Å². The number of hydrogen-bond donors (Lipinski definition) is 2. The van der Waals surface area contributed by atoms with E-state index < -0.39 is 17.2 Å². The van der Waals surface area contributed by atoms with Crippen molar-refractivity contribution in [2.45, 2.75) is 0 Å². The summed E-state index contributed by atoms with van der Waals surface area (Å²) in [5.41, 5.74) is 3.81. The Morgan fingerprint density at radius 3 is 2.21 bits per heavy atom. The van der Waals surface area contributed by atoms with Crippen LogP contribution in [0.3, 0.4) is 0 Å². The van der Waals surface area contributed by atoms with E-state index in [0.717, 1.165) is 10.8 Å². The summed E-state index contributed by atoms with van der Waals surface area (Å²) in [6.07, 6.45) is 1.02. The highest BCUT2D eigenvalue weighted by Gasteiger charge is 2.12. The Morgan fingerprint density at radius 1 is 1.11 bits per heavy atom. The van der Waals surface area contributed by atoms with Crippen LogP contribution >= 0.6 is 24.8 Å². The molecule has 0 aliphatic heterocycles. The second kappa shape index (κ2) is 6.77. The van der Waals surface area contributed by atoms with Crippen LogP contribution in [0.15, 0.2) is 46.1 Å². The molecule has 1 aromatic heterocycles. The van der Waals surface area contributed by atoms with E-state index in [1.54, 1.807) is 30.3 Å². The number of rotatable bonds is 2. The lowest BCUT2D eigenvalue weighted by molar-refractivity contribution is 0.0998. The van der Waals surface area contributed by atoms with Crippen molar-refractivity contribution < 1.29 is 4.79 Å². The van der Waals surface area contributed by atoms with Gasteiger partial charge in [0.15, 0.2) is 0 Å². The molecule has 1 amide bonds. The van der Waals surface area contributed by atoms with Crippen LogP contribution in [0.1, 0.15) is 10.4 Å². The number of nitrogens with zero attached hydrogens (tertiary/aromatic N) is 1. The zero-order valence-corrected chi connectivity index (χ0v) is 11.2. The van der Waals surface area contributed by atoms with Crippen LogP contribution in [0, 0.1) is 0 Å². The molecule has 0 fully saturated rings. The fourth-order valence-electron chi connectivity index (χ4n) is 1.46. The number of para-hydroxylation sites is 1. The number of amides is 1. The molecule has 0 saturated heterocycles. The maximum absolute atomic E-state index is 11.9. The average Bonchev–Trinajstić information content (AvgIpc) is 2.30. The highest BCUT2D eigenvalue weighted by Crippen LogP contribution is 2.00. The number of aromatic amines is 1. The normalized spacial score (nSPS) is 9.05. The van der Waals surface area contributed by atoms with Crippen LogP contribution < -0.4 is 17.0 Å². The molecule has 6 nitrogen and oxygen atoms in total. The first-order chi connectivity index (χ1) is 8.11. The Morgan fingerprint density at radius 2 is 1.68 bits per heavy atom. The molecule has 1 heterocycles. The Bertz CT molecular complexity index is 680. The van der Waals surface area contributed by atoms with Gasteiger partial charge in [-0.05, 0) is 12.1 Å². The summed E-state index contributed by atoms with van der Waals surface area (Å²) in [6, 6.07) is 8.28. The van der Waals surface area contributed by atoms with E-state index in [1.807, 2.05) is 0 Å². The van der Waals surface area contributed by atoms with E-state index in [1.165, 1.54) is 0 Å². The Kier molecular flexibility index (Phi) is 6.04. The van der Waals surface area contributed by atoms with Crippen LogP contribution in [-0.4, -0.2) is 15.5 Å². The molecule has 2 rings (SSSR count). The third-order valence-electron chi connectivity index (χ3n) is 2.26. The van der Waals surface area contributed by atoms with E-state index in [2.05, 4.69) is 4.98 Å². The monoisotopic (exact) mass is 303 g/mol. The molecule has 19 heavy (non-hydrogen) atoms. The summed E-state index contributed by atoms with van der Waals surface area (Å²) >= 11 is 0. The maximum Gasteiger partial charge on any atom is 0.333 e. The summed E-state index contributed by atoms with van der Waals surface area (Å²) in [7, 11) is 0. The predicted octanol–water partition coefficient (Wildman–Crippen LogP) is 0.468. The van der Waals surface area contributed by atoms with Gasteiger partial charge in [0.1, 0.15) is 5.56 Å². The molecule has 0 atom stereocenters. The molecule has 0 aliphatic carbocycles. The number of carbonyl (C=O) groups is 1. The van der Waals surface area contributed by atoms with Gasteiger partial charge < -0.3 is 10.7 Å². The minimum absolute atomic E-state index is 0. The van der Waals surface area contributed by atoms with Gasteiger partial charge in [-0.2, -0.15) is 0 Å². The van der Waals surface area contributed by atoms with E-state index in [9.17, 15) is 14.4 Å².